The third-order valence-corrected chi connectivity index (χ3v) is 2.59. The van der Waals surface area contributed by atoms with Crippen molar-refractivity contribution in [1.29, 1.82) is 0 Å². The molecule has 1 aromatic heterocycles. The van der Waals surface area contributed by atoms with E-state index in [-0.39, 0.29) is 0 Å². The highest BCUT2D eigenvalue weighted by molar-refractivity contribution is 5.18. The van der Waals surface area contributed by atoms with Gasteiger partial charge in [0, 0.05) is 12.6 Å². The molecule has 0 bridgehead atoms. The maximum Gasteiger partial charge on any atom is 0.126 e. The van der Waals surface area contributed by atoms with Crippen molar-refractivity contribution in [2.45, 2.75) is 26.4 Å². The van der Waals surface area contributed by atoms with Crippen LogP contribution in [0.25, 0.3) is 0 Å². The minimum Gasteiger partial charge on any atom is -0.311 e. The summed E-state index contributed by atoms with van der Waals surface area (Å²) in [5.74, 6) is -1.17. The third kappa shape index (κ3) is 4.10. The Bertz CT molecular complexity index is 519. The highest BCUT2D eigenvalue weighted by Gasteiger charge is 2.04. The number of benzene rings is 1. The van der Waals surface area contributed by atoms with Gasteiger partial charge in [0.1, 0.15) is 11.6 Å². The topological polar surface area (TPSA) is 42.7 Å². The zero-order valence-corrected chi connectivity index (χ0v) is 10.7. The molecular weight excluding hydrogens is 250 g/mol. The summed E-state index contributed by atoms with van der Waals surface area (Å²) >= 11 is 0. The number of halogens is 2. The van der Waals surface area contributed by atoms with Gasteiger partial charge in [-0.15, -0.1) is 5.10 Å². The number of nitrogens with zero attached hydrogens (tertiary/aromatic N) is 3. The van der Waals surface area contributed by atoms with Crippen molar-refractivity contribution in [3.05, 3.63) is 47.3 Å². The maximum atomic E-state index is 13.0. The summed E-state index contributed by atoms with van der Waals surface area (Å²) in [7, 11) is 0. The monoisotopic (exact) mass is 266 g/mol. The fourth-order valence-electron chi connectivity index (χ4n) is 1.78. The molecule has 6 heteroatoms. The van der Waals surface area contributed by atoms with Crippen molar-refractivity contribution < 1.29 is 8.78 Å². The van der Waals surface area contributed by atoms with Crippen molar-refractivity contribution in [3.63, 3.8) is 0 Å². The van der Waals surface area contributed by atoms with E-state index in [1.807, 2.05) is 0 Å². The Kier molecular flexibility index (Phi) is 4.57. The minimum absolute atomic E-state index is 0.301. The van der Waals surface area contributed by atoms with E-state index >= 15 is 0 Å². The Hall–Kier alpha value is -1.82. The van der Waals surface area contributed by atoms with Gasteiger partial charge in [-0.25, -0.2) is 13.5 Å². The van der Waals surface area contributed by atoms with Crippen LogP contribution < -0.4 is 5.32 Å². The van der Waals surface area contributed by atoms with Crippen LogP contribution in [0.15, 0.2) is 24.4 Å². The molecule has 0 aliphatic carbocycles. The Morgan fingerprint density at radius 1 is 1.21 bits per heavy atom. The number of aromatic nitrogens is 3. The van der Waals surface area contributed by atoms with Crippen LogP contribution in [0.1, 0.15) is 24.6 Å². The second-order valence-corrected chi connectivity index (χ2v) is 4.36. The van der Waals surface area contributed by atoms with Crippen molar-refractivity contribution in [2.24, 2.45) is 0 Å². The second-order valence-electron chi connectivity index (χ2n) is 4.36. The van der Waals surface area contributed by atoms with Crippen molar-refractivity contribution >= 4 is 0 Å². The van der Waals surface area contributed by atoms with E-state index in [1.165, 1.54) is 12.1 Å². The molecule has 1 N–H and O–H groups in total. The van der Waals surface area contributed by atoms with E-state index in [4.69, 9.17) is 0 Å². The molecular formula is C13H16F2N4. The van der Waals surface area contributed by atoms with E-state index in [0.29, 0.717) is 18.7 Å². The molecule has 102 valence electrons. The van der Waals surface area contributed by atoms with Gasteiger partial charge in [-0.05, 0) is 30.7 Å². The van der Waals surface area contributed by atoms with Crippen molar-refractivity contribution in [2.75, 3.05) is 6.54 Å². The summed E-state index contributed by atoms with van der Waals surface area (Å²) in [5, 5.41) is 11.1. The van der Waals surface area contributed by atoms with E-state index < -0.39 is 11.6 Å². The SMILES string of the molecule is CCCNCc1cn(Cc2cc(F)cc(F)c2)nn1. The first-order chi connectivity index (χ1) is 9.17. The summed E-state index contributed by atoms with van der Waals surface area (Å²) in [6, 6.07) is 3.43. The first kappa shape index (κ1) is 13.6. The van der Waals surface area contributed by atoms with Crippen LogP contribution in [0.5, 0.6) is 0 Å². The predicted octanol–water partition coefficient (Wildman–Crippen LogP) is 2.10. The molecule has 0 fully saturated rings. The van der Waals surface area contributed by atoms with Gasteiger partial charge in [0.2, 0.25) is 0 Å². The number of hydrogen-bond acceptors (Lipinski definition) is 3. The lowest BCUT2D eigenvalue weighted by atomic mass is 10.2. The molecule has 1 heterocycles. The molecule has 2 aromatic rings. The molecule has 0 amide bonds. The quantitative estimate of drug-likeness (QED) is 0.814. The fourth-order valence-corrected chi connectivity index (χ4v) is 1.78. The maximum absolute atomic E-state index is 13.0. The van der Waals surface area contributed by atoms with E-state index in [2.05, 4.69) is 22.6 Å². The molecule has 0 saturated carbocycles. The molecule has 0 radical (unpaired) electrons. The van der Waals surface area contributed by atoms with Gasteiger partial charge in [-0.1, -0.05) is 12.1 Å². The van der Waals surface area contributed by atoms with Crippen LogP contribution in [0, 0.1) is 11.6 Å². The molecule has 2 rings (SSSR count). The highest BCUT2D eigenvalue weighted by Crippen LogP contribution is 2.09. The summed E-state index contributed by atoms with van der Waals surface area (Å²) in [5.41, 5.74) is 1.33. The van der Waals surface area contributed by atoms with Gasteiger partial charge < -0.3 is 5.32 Å². The number of rotatable bonds is 6. The van der Waals surface area contributed by atoms with Gasteiger partial charge in [0.15, 0.2) is 0 Å². The molecule has 19 heavy (non-hydrogen) atoms. The lowest BCUT2D eigenvalue weighted by Gasteiger charge is -2.01. The van der Waals surface area contributed by atoms with Crippen LogP contribution in [0.2, 0.25) is 0 Å². The molecule has 0 aliphatic rings. The van der Waals surface area contributed by atoms with Gasteiger partial charge in [0.25, 0.3) is 0 Å². The summed E-state index contributed by atoms with van der Waals surface area (Å²) in [4.78, 5) is 0. The molecule has 0 saturated heterocycles. The Labute approximate surface area is 110 Å². The van der Waals surface area contributed by atoms with Crippen molar-refractivity contribution in [3.8, 4) is 0 Å². The molecule has 0 atom stereocenters. The predicted molar refractivity (Wildman–Crippen MR) is 67.5 cm³/mol. The molecule has 1 aromatic carbocycles. The Balaban J connectivity index is 1.99. The number of hydrogen-bond donors (Lipinski definition) is 1. The Morgan fingerprint density at radius 3 is 2.63 bits per heavy atom. The summed E-state index contributed by atoms with van der Waals surface area (Å²) < 4.78 is 27.7. The zero-order chi connectivity index (χ0) is 13.7. The summed E-state index contributed by atoms with van der Waals surface area (Å²) in [6.45, 7) is 3.95. The lowest BCUT2D eigenvalue weighted by molar-refractivity contribution is 0.572. The largest absolute Gasteiger partial charge is 0.311 e. The average molecular weight is 266 g/mol. The minimum atomic E-state index is -0.583. The van der Waals surface area contributed by atoms with Crippen LogP contribution in [-0.4, -0.2) is 21.5 Å². The molecule has 0 spiro atoms. The normalized spacial score (nSPS) is 10.9. The van der Waals surface area contributed by atoms with Gasteiger partial charge in [-0.2, -0.15) is 0 Å². The van der Waals surface area contributed by atoms with Gasteiger partial charge in [-0.3, -0.25) is 0 Å². The smallest absolute Gasteiger partial charge is 0.126 e. The van der Waals surface area contributed by atoms with E-state index in [0.717, 1.165) is 24.7 Å². The van der Waals surface area contributed by atoms with Gasteiger partial charge in [0.05, 0.1) is 18.4 Å². The second kappa shape index (κ2) is 6.38. The molecule has 0 unspecified atom stereocenters. The van der Waals surface area contributed by atoms with E-state index in [9.17, 15) is 8.78 Å². The molecule has 0 aliphatic heterocycles. The standard InChI is InChI=1S/C13H16F2N4/c1-2-3-16-7-13-9-19(18-17-13)8-10-4-11(14)6-12(15)5-10/h4-6,9,16H,2-3,7-8H2,1H3. The average Bonchev–Trinajstić information content (AvgIpc) is 2.76. The van der Waals surface area contributed by atoms with Crippen LogP contribution in [0.4, 0.5) is 8.78 Å². The van der Waals surface area contributed by atoms with Crippen LogP contribution in [-0.2, 0) is 13.1 Å². The van der Waals surface area contributed by atoms with Crippen LogP contribution in [0.3, 0.4) is 0 Å². The lowest BCUT2D eigenvalue weighted by Crippen LogP contribution is -2.13. The number of nitrogens with one attached hydrogen (secondary N) is 1. The first-order valence-corrected chi connectivity index (χ1v) is 6.22. The van der Waals surface area contributed by atoms with Gasteiger partial charge >= 0.3 is 0 Å². The van der Waals surface area contributed by atoms with Crippen LogP contribution >= 0.6 is 0 Å². The third-order valence-electron chi connectivity index (χ3n) is 2.59. The zero-order valence-electron chi connectivity index (χ0n) is 10.7. The van der Waals surface area contributed by atoms with E-state index in [1.54, 1.807) is 10.9 Å². The van der Waals surface area contributed by atoms with Crippen molar-refractivity contribution in [1.82, 2.24) is 20.3 Å². The highest BCUT2D eigenvalue weighted by atomic mass is 19.1. The molecule has 4 nitrogen and oxygen atoms in total. The first-order valence-electron chi connectivity index (χ1n) is 6.22. The summed E-state index contributed by atoms with van der Waals surface area (Å²) in [6.07, 6.45) is 2.82. The fraction of sp³-hybridized carbons (Fsp3) is 0.385. The Morgan fingerprint density at radius 2 is 1.95 bits per heavy atom.